The van der Waals surface area contributed by atoms with E-state index >= 15 is 0 Å². The highest BCUT2D eigenvalue weighted by molar-refractivity contribution is 5.28. The molecular formula is C10H12O2. The van der Waals surface area contributed by atoms with Crippen molar-refractivity contribution in [3.05, 3.63) is 29.8 Å². The molecule has 2 rings (SSSR count). The molecule has 0 bridgehead atoms. The fraction of sp³-hybridized carbons (Fsp3) is 0.400. The summed E-state index contributed by atoms with van der Waals surface area (Å²) in [7, 11) is 0. The van der Waals surface area contributed by atoms with Crippen LogP contribution in [0.4, 0.5) is 0 Å². The first-order chi connectivity index (χ1) is 8.46. The minimum absolute atomic E-state index is 0.110. The van der Waals surface area contributed by atoms with Crippen molar-refractivity contribution in [1.82, 2.24) is 0 Å². The van der Waals surface area contributed by atoms with Gasteiger partial charge in [0.1, 0.15) is 5.75 Å². The van der Waals surface area contributed by atoms with Crippen LogP contribution in [0.15, 0.2) is 24.3 Å². The molecule has 0 aromatic heterocycles. The van der Waals surface area contributed by atoms with E-state index in [0.29, 0.717) is 0 Å². The van der Waals surface area contributed by atoms with Crippen LogP contribution in [0.3, 0.4) is 0 Å². The third-order valence-electron chi connectivity index (χ3n) is 1.54. The minimum Gasteiger partial charge on any atom is -0.508 e. The first-order valence-electron chi connectivity index (χ1n) is 6.95. The van der Waals surface area contributed by atoms with Crippen LogP contribution >= 0.6 is 0 Å². The molecule has 1 N–H and O–H groups in total. The van der Waals surface area contributed by atoms with E-state index in [1.54, 1.807) is 0 Å². The van der Waals surface area contributed by atoms with Crippen molar-refractivity contribution >= 4 is 0 Å². The summed E-state index contributed by atoms with van der Waals surface area (Å²) in [6, 6.07) is 4.74. The number of phenolic OH excluding ortho intramolecular Hbond substituents is 1. The lowest BCUT2D eigenvalue weighted by Crippen LogP contribution is -1.96. The van der Waals surface area contributed by atoms with Gasteiger partial charge in [0.05, 0.1) is 12.0 Å². The summed E-state index contributed by atoms with van der Waals surface area (Å²) in [6.45, 7) is -5.78. The van der Waals surface area contributed by atoms with Crippen LogP contribution in [0.25, 0.3) is 0 Å². The average Bonchev–Trinajstić information content (AvgIpc) is 2.35. The van der Waals surface area contributed by atoms with Crippen molar-refractivity contribution in [3.8, 4) is 5.75 Å². The molecule has 0 aliphatic carbocycles. The van der Waals surface area contributed by atoms with Crippen molar-refractivity contribution in [2.75, 3.05) is 13.1 Å². The van der Waals surface area contributed by atoms with Gasteiger partial charge in [-0.2, -0.15) is 0 Å². The van der Waals surface area contributed by atoms with E-state index in [2.05, 4.69) is 4.74 Å². The fourth-order valence-corrected chi connectivity index (χ4v) is 0.938. The predicted octanol–water partition coefficient (Wildman–Crippen LogP) is 1.90. The van der Waals surface area contributed by atoms with Crippen LogP contribution in [-0.4, -0.2) is 18.2 Å². The zero-order chi connectivity index (χ0) is 14.7. The van der Waals surface area contributed by atoms with Crippen molar-refractivity contribution in [2.45, 2.75) is 12.3 Å². The van der Waals surface area contributed by atoms with Gasteiger partial charge in [0.15, 0.2) is 0 Å². The number of hydrogen-bond donors (Lipinski definition) is 1. The van der Waals surface area contributed by atoms with Gasteiger partial charge in [0, 0.05) is 16.6 Å². The molecular weight excluding hydrogens is 152 g/mol. The molecule has 1 aliphatic heterocycles. The smallest absolute Gasteiger partial charge is 0.115 e. The Labute approximate surface area is 81.6 Å². The van der Waals surface area contributed by atoms with Crippen LogP contribution in [-0.2, 0) is 4.74 Å². The van der Waals surface area contributed by atoms with E-state index in [1.165, 1.54) is 24.3 Å². The Morgan fingerprint density at radius 3 is 2.83 bits per heavy atom. The highest BCUT2D eigenvalue weighted by Crippen LogP contribution is 2.25. The van der Waals surface area contributed by atoms with E-state index in [0.717, 1.165) is 0 Å². The molecule has 1 aromatic carbocycles. The molecule has 0 saturated carbocycles. The Morgan fingerprint density at radius 2 is 2.25 bits per heavy atom. The highest BCUT2D eigenvalue weighted by Gasteiger charge is 2.16. The van der Waals surface area contributed by atoms with E-state index in [-0.39, 0.29) is 11.3 Å². The number of aromatic hydroxyl groups is 1. The summed E-state index contributed by atoms with van der Waals surface area (Å²) in [5.41, 5.74) is -0.110. The molecule has 2 heteroatoms. The van der Waals surface area contributed by atoms with Crippen molar-refractivity contribution < 1.29 is 19.4 Å². The van der Waals surface area contributed by atoms with Crippen molar-refractivity contribution in [3.63, 3.8) is 0 Å². The molecule has 1 unspecified atom stereocenters. The Morgan fingerprint density at radius 1 is 1.50 bits per heavy atom. The van der Waals surface area contributed by atoms with E-state index in [9.17, 15) is 5.11 Å². The van der Waals surface area contributed by atoms with E-state index in [1.807, 2.05) is 0 Å². The molecule has 1 fully saturated rings. The molecule has 0 amide bonds. The lowest BCUT2D eigenvalue weighted by Gasteiger charge is -2.06. The summed E-state index contributed by atoms with van der Waals surface area (Å²) in [4.78, 5) is 0. The maximum Gasteiger partial charge on any atom is 0.115 e. The standard InChI is InChI=1S/C10H12O2/c11-10-3-1-8(2-4-10)9-5-6-12-7-9/h1-4,9,11H,5-7H2/i5D2,6D2,7D2,9D. The van der Waals surface area contributed by atoms with Crippen LogP contribution in [0.1, 0.15) is 27.4 Å². The van der Waals surface area contributed by atoms with Gasteiger partial charge in [0.2, 0.25) is 0 Å². The average molecular weight is 171 g/mol. The number of rotatable bonds is 1. The predicted molar refractivity (Wildman–Crippen MR) is 46.3 cm³/mol. The Bertz CT molecular complexity index is 499. The molecule has 64 valence electrons. The second-order valence-electron chi connectivity index (χ2n) is 2.35. The SMILES string of the molecule is [2H]C1([2H])OC([2H])([2H])C([2H])(c2ccc(O)cc2)C1([2H])[2H]. The first kappa shape index (κ1) is 3.04. The molecule has 1 heterocycles. The number of benzene rings is 1. The van der Waals surface area contributed by atoms with Gasteiger partial charge >= 0.3 is 0 Å². The largest absolute Gasteiger partial charge is 0.508 e. The Kier molecular flexibility index (Phi) is 0.797. The minimum atomic E-state index is -2.93. The topological polar surface area (TPSA) is 29.5 Å². The third-order valence-corrected chi connectivity index (χ3v) is 1.54. The normalized spacial score (nSPS) is 50.2. The molecule has 12 heavy (non-hydrogen) atoms. The number of ether oxygens (including phenoxy) is 1. The molecule has 0 spiro atoms. The van der Waals surface area contributed by atoms with Crippen molar-refractivity contribution in [2.24, 2.45) is 0 Å². The quantitative estimate of drug-likeness (QED) is 0.699. The Balaban J connectivity index is 2.66. The second-order valence-corrected chi connectivity index (χ2v) is 2.35. The molecule has 1 aromatic rings. The molecule has 1 aliphatic rings. The zero-order valence-electron chi connectivity index (χ0n) is 13.2. The molecule has 0 radical (unpaired) electrons. The van der Waals surface area contributed by atoms with E-state index in [4.69, 9.17) is 9.60 Å². The monoisotopic (exact) mass is 171 g/mol. The fourth-order valence-electron chi connectivity index (χ4n) is 0.938. The number of phenols is 1. The maximum atomic E-state index is 9.19. The van der Waals surface area contributed by atoms with Crippen LogP contribution in [0.2, 0.25) is 0 Å². The Hall–Kier alpha value is -1.02. The third kappa shape index (κ3) is 1.43. The summed E-state index contributed by atoms with van der Waals surface area (Å²) >= 11 is 0. The molecule has 1 saturated heterocycles. The maximum absolute atomic E-state index is 9.19. The summed E-state index contributed by atoms with van der Waals surface area (Å²) in [5.74, 6) is -2.70. The summed E-state index contributed by atoms with van der Waals surface area (Å²) in [5, 5.41) is 9.19. The van der Waals surface area contributed by atoms with Crippen LogP contribution in [0.5, 0.6) is 5.75 Å². The van der Waals surface area contributed by atoms with Gasteiger partial charge in [-0.1, -0.05) is 12.1 Å². The van der Waals surface area contributed by atoms with Crippen LogP contribution in [0, 0.1) is 0 Å². The molecule has 1 atom stereocenters. The van der Waals surface area contributed by atoms with E-state index < -0.39 is 25.4 Å². The van der Waals surface area contributed by atoms with Gasteiger partial charge in [-0.25, -0.2) is 0 Å². The first-order valence-corrected chi connectivity index (χ1v) is 3.45. The second kappa shape index (κ2) is 3.15. The molecule has 2 nitrogen and oxygen atoms in total. The summed E-state index contributed by atoms with van der Waals surface area (Å²) < 4.78 is 58.4. The van der Waals surface area contributed by atoms with Crippen LogP contribution < -0.4 is 0 Å². The van der Waals surface area contributed by atoms with Gasteiger partial charge in [-0.05, 0) is 24.1 Å². The van der Waals surface area contributed by atoms with Gasteiger partial charge in [0.25, 0.3) is 0 Å². The van der Waals surface area contributed by atoms with Gasteiger partial charge in [-0.3, -0.25) is 0 Å². The van der Waals surface area contributed by atoms with Gasteiger partial charge < -0.3 is 9.84 Å². The lowest BCUT2D eigenvalue weighted by atomic mass is 9.99. The van der Waals surface area contributed by atoms with Gasteiger partial charge in [-0.15, -0.1) is 0 Å². The summed E-state index contributed by atoms with van der Waals surface area (Å²) in [6.07, 6.45) is -2.90. The lowest BCUT2D eigenvalue weighted by molar-refractivity contribution is 0.194. The number of hydrogen-bond acceptors (Lipinski definition) is 2. The zero-order valence-corrected chi connectivity index (χ0v) is 6.16. The highest BCUT2D eigenvalue weighted by atomic mass is 16.5. The van der Waals surface area contributed by atoms with Crippen molar-refractivity contribution in [1.29, 1.82) is 0 Å².